The number of aliphatic hydroxyl groups excluding tert-OH is 1. The van der Waals surface area contributed by atoms with Crippen molar-refractivity contribution in [2.75, 3.05) is 13.1 Å². The zero-order chi connectivity index (χ0) is 17.7. The highest BCUT2D eigenvalue weighted by molar-refractivity contribution is 9.10. The molecule has 5 heteroatoms. The highest BCUT2D eigenvalue weighted by atomic mass is 79.9. The number of ketones is 1. The van der Waals surface area contributed by atoms with Crippen LogP contribution in [0, 0.1) is 16.6 Å². The summed E-state index contributed by atoms with van der Waals surface area (Å²) in [6.07, 6.45) is 2.17. The quantitative estimate of drug-likeness (QED) is 0.779. The molecular weight excluding hydrogens is 373 g/mol. The summed E-state index contributed by atoms with van der Waals surface area (Å²) in [4.78, 5) is 14.7. The first-order valence-electron chi connectivity index (χ1n) is 8.50. The Balaban J connectivity index is 1.71. The standard InChI is InChI=1S/C19H25BrFNO2/c1-18(2)7-13-8-19(3,10-18)11-22(13)9-16(23)17(24)14-5-4-12(20)6-15(14)21/h4-6,13,16,23H,7-11H2,1-3H3. The van der Waals surface area contributed by atoms with Gasteiger partial charge in [0.2, 0.25) is 0 Å². The normalized spacial score (nSPS) is 30.3. The molecule has 1 saturated heterocycles. The molecular formula is C19H25BrFNO2. The predicted octanol–water partition coefficient (Wildman–Crippen LogP) is 4.03. The highest BCUT2D eigenvalue weighted by Crippen LogP contribution is 2.52. The minimum atomic E-state index is -1.19. The van der Waals surface area contributed by atoms with Crippen LogP contribution in [0.4, 0.5) is 4.39 Å². The summed E-state index contributed by atoms with van der Waals surface area (Å²) < 4.78 is 14.6. The molecule has 3 unspecified atom stereocenters. The van der Waals surface area contributed by atoms with Gasteiger partial charge in [-0.3, -0.25) is 9.69 Å². The number of halogens is 2. The van der Waals surface area contributed by atoms with Crippen molar-refractivity contribution >= 4 is 21.7 Å². The Morgan fingerprint density at radius 1 is 1.42 bits per heavy atom. The van der Waals surface area contributed by atoms with E-state index < -0.39 is 17.7 Å². The number of benzene rings is 1. The molecule has 1 aromatic carbocycles. The summed E-state index contributed by atoms with van der Waals surface area (Å²) in [5.74, 6) is -1.13. The van der Waals surface area contributed by atoms with E-state index in [4.69, 9.17) is 0 Å². The van der Waals surface area contributed by atoms with Gasteiger partial charge < -0.3 is 5.11 Å². The topological polar surface area (TPSA) is 40.5 Å². The zero-order valence-corrected chi connectivity index (χ0v) is 16.1. The number of carbonyl (C=O) groups excluding carboxylic acids is 1. The molecule has 2 aliphatic rings. The van der Waals surface area contributed by atoms with Crippen LogP contribution in [0.15, 0.2) is 22.7 Å². The third kappa shape index (κ3) is 3.58. The van der Waals surface area contributed by atoms with Gasteiger partial charge in [0.05, 0.1) is 5.56 Å². The summed E-state index contributed by atoms with van der Waals surface area (Å²) in [6.45, 7) is 8.06. The van der Waals surface area contributed by atoms with Crippen LogP contribution >= 0.6 is 15.9 Å². The Labute approximate surface area is 151 Å². The molecule has 1 saturated carbocycles. The number of fused-ring (bicyclic) bond motifs is 2. The van der Waals surface area contributed by atoms with Gasteiger partial charge in [0.1, 0.15) is 11.9 Å². The summed E-state index contributed by atoms with van der Waals surface area (Å²) in [5.41, 5.74) is 0.497. The number of β-amino-alcohol motifs (C(OH)–C–C–N with tert-alkyl or cyclic N) is 1. The SMILES string of the molecule is CC1(C)CC2CC(C)(CN2CC(O)C(=O)c2ccc(Br)cc2F)C1. The van der Waals surface area contributed by atoms with Crippen molar-refractivity contribution in [2.24, 2.45) is 10.8 Å². The molecule has 3 atom stereocenters. The van der Waals surface area contributed by atoms with Crippen molar-refractivity contribution in [3.8, 4) is 0 Å². The smallest absolute Gasteiger partial charge is 0.195 e. The number of hydrogen-bond acceptors (Lipinski definition) is 3. The summed E-state index contributed by atoms with van der Waals surface area (Å²) in [7, 11) is 0. The maximum atomic E-state index is 14.0. The second-order valence-corrected chi connectivity index (χ2v) is 9.56. The molecule has 2 bridgehead atoms. The van der Waals surface area contributed by atoms with Gasteiger partial charge in [0.15, 0.2) is 5.78 Å². The van der Waals surface area contributed by atoms with E-state index in [1.165, 1.54) is 18.6 Å². The monoisotopic (exact) mass is 397 g/mol. The van der Waals surface area contributed by atoms with Crippen molar-refractivity contribution in [1.29, 1.82) is 0 Å². The number of rotatable bonds is 4. The van der Waals surface area contributed by atoms with Crippen LogP contribution in [0.2, 0.25) is 0 Å². The van der Waals surface area contributed by atoms with E-state index in [1.807, 2.05) is 0 Å². The van der Waals surface area contributed by atoms with Gasteiger partial charge in [0, 0.05) is 23.6 Å². The molecule has 1 N–H and O–H groups in total. The van der Waals surface area contributed by atoms with E-state index in [0.717, 1.165) is 19.4 Å². The van der Waals surface area contributed by atoms with E-state index in [1.54, 1.807) is 6.07 Å². The predicted molar refractivity (Wildman–Crippen MR) is 95.5 cm³/mol. The lowest BCUT2D eigenvalue weighted by molar-refractivity contribution is 0.0601. The van der Waals surface area contributed by atoms with E-state index in [-0.39, 0.29) is 17.5 Å². The minimum Gasteiger partial charge on any atom is -0.384 e. The maximum Gasteiger partial charge on any atom is 0.195 e. The Morgan fingerprint density at radius 3 is 2.79 bits per heavy atom. The first kappa shape index (κ1) is 18.0. The van der Waals surface area contributed by atoms with Crippen LogP contribution in [0.25, 0.3) is 0 Å². The van der Waals surface area contributed by atoms with Crippen molar-refractivity contribution in [1.82, 2.24) is 4.90 Å². The molecule has 3 rings (SSSR count). The molecule has 0 radical (unpaired) electrons. The lowest BCUT2D eigenvalue weighted by atomic mass is 9.65. The van der Waals surface area contributed by atoms with Crippen molar-refractivity contribution in [2.45, 2.75) is 52.2 Å². The molecule has 132 valence electrons. The number of likely N-dealkylation sites (tertiary alicyclic amines) is 1. The second kappa shape index (κ2) is 6.19. The molecule has 1 heterocycles. The minimum absolute atomic E-state index is 0.0422. The van der Waals surface area contributed by atoms with Crippen LogP contribution in [-0.4, -0.2) is 41.0 Å². The molecule has 1 aliphatic carbocycles. The Hall–Kier alpha value is -0.780. The van der Waals surface area contributed by atoms with Gasteiger partial charge in [0.25, 0.3) is 0 Å². The average Bonchev–Trinajstić information content (AvgIpc) is 2.66. The molecule has 2 fully saturated rings. The molecule has 3 nitrogen and oxygen atoms in total. The fourth-order valence-electron chi connectivity index (χ4n) is 4.96. The van der Waals surface area contributed by atoms with Crippen LogP contribution in [-0.2, 0) is 0 Å². The first-order chi connectivity index (χ1) is 11.1. The zero-order valence-electron chi connectivity index (χ0n) is 14.5. The van der Waals surface area contributed by atoms with Gasteiger partial charge in [-0.1, -0.05) is 36.7 Å². The van der Waals surface area contributed by atoms with Crippen LogP contribution in [0.1, 0.15) is 50.4 Å². The molecule has 0 spiro atoms. The fraction of sp³-hybridized carbons (Fsp3) is 0.632. The summed E-state index contributed by atoms with van der Waals surface area (Å²) in [6, 6.07) is 4.70. The lowest BCUT2D eigenvalue weighted by Crippen LogP contribution is -2.41. The summed E-state index contributed by atoms with van der Waals surface area (Å²) >= 11 is 3.18. The van der Waals surface area contributed by atoms with E-state index in [0.29, 0.717) is 15.9 Å². The first-order valence-corrected chi connectivity index (χ1v) is 9.29. The van der Waals surface area contributed by atoms with Crippen molar-refractivity contribution in [3.63, 3.8) is 0 Å². The van der Waals surface area contributed by atoms with Gasteiger partial charge >= 0.3 is 0 Å². The third-order valence-electron chi connectivity index (χ3n) is 5.43. The van der Waals surface area contributed by atoms with E-state index in [9.17, 15) is 14.3 Å². The number of aliphatic hydroxyl groups is 1. The maximum absolute atomic E-state index is 14.0. The van der Waals surface area contributed by atoms with Crippen molar-refractivity contribution < 1.29 is 14.3 Å². The number of Topliss-reactive ketones (excluding diaryl/α,β-unsaturated/α-hetero) is 1. The number of nitrogens with zero attached hydrogens (tertiary/aromatic N) is 1. The van der Waals surface area contributed by atoms with Gasteiger partial charge in [-0.15, -0.1) is 0 Å². The van der Waals surface area contributed by atoms with Crippen LogP contribution < -0.4 is 0 Å². The lowest BCUT2D eigenvalue weighted by Gasteiger charge is -2.40. The number of carbonyl (C=O) groups is 1. The largest absolute Gasteiger partial charge is 0.384 e. The Bertz CT molecular complexity index is 663. The van der Waals surface area contributed by atoms with E-state index in [2.05, 4.69) is 41.6 Å². The van der Waals surface area contributed by atoms with Gasteiger partial charge in [-0.2, -0.15) is 0 Å². The Morgan fingerprint density at radius 2 is 2.12 bits per heavy atom. The van der Waals surface area contributed by atoms with Crippen molar-refractivity contribution in [3.05, 3.63) is 34.1 Å². The highest BCUT2D eigenvalue weighted by Gasteiger charge is 2.49. The molecule has 24 heavy (non-hydrogen) atoms. The van der Waals surface area contributed by atoms with Crippen LogP contribution in [0.5, 0.6) is 0 Å². The molecule has 0 aromatic heterocycles. The van der Waals surface area contributed by atoms with Gasteiger partial charge in [-0.05, 0) is 48.3 Å². The number of hydrogen-bond donors (Lipinski definition) is 1. The fourth-order valence-corrected chi connectivity index (χ4v) is 5.30. The third-order valence-corrected chi connectivity index (χ3v) is 5.92. The molecule has 1 aliphatic heterocycles. The van der Waals surface area contributed by atoms with E-state index >= 15 is 0 Å². The van der Waals surface area contributed by atoms with Gasteiger partial charge in [-0.25, -0.2) is 4.39 Å². The summed E-state index contributed by atoms with van der Waals surface area (Å²) in [5, 5.41) is 10.4. The molecule has 1 aromatic rings. The second-order valence-electron chi connectivity index (χ2n) is 8.65. The average molecular weight is 398 g/mol. The Kier molecular flexibility index (Phi) is 4.65. The van der Waals surface area contributed by atoms with Crippen LogP contribution in [0.3, 0.4) is 0 Å². The molecule has 0 amide bonds.